The molecule has 27 heavy (non-hydrogen) atoms. The lowest BCUT2D eigenvalue weighted by Crippen LogP contribution is -2.11. The fourth-order valence-electron chi connectivity index (χ4n) is 4.55. The molecule has 0 amide bonds. The van der Waals surface area contributed by atoms with Crippen LogP contribution in [0.25, 0.3) is 22.3 Å². The summed E-state index contributed by atoms with van der Waals surface area (Å²) in [6, 6.07) is -3.04. The van der Waals surface area contributed by atoms with Crippen molar-refractivity contribution in [1.82, 2.24) is 0 Å². The van der Waals surface area contributed by atoms with E-state index in [2.05, 4.69) is 0 Å². The zero-order valence-corrected chi connectivity index (χ0v) is 14.8. The van der Waals surface area contributed by atoms with Crippen LogP contribution in [0, 0.1) is 20.7 Å². The van der Waals surface area contributed by atoms with E-state index in [0.717, 1.165) is 0 Å². The third-order valence-corrected chi connectivity index (χ3v) is 5.60. The minimum Gasteiger partial charge on any atom is -0.0617 e. The third-order valence-electron chi connectivity index (χ3n) is 5.60. The van der Waals surface area contributed by atoms with Crippen LogP contribution in [0.5, 0.6) is 0 Å². The van der Waals surface area contributed by atoms with Gasteiger partial charge in [-0.15, -0.1) is 0 Å². The average molecular weight is 360 g/mol. The van der Waals surface area contributed by atoms with Crippen LogP contribution in [0.15, 0.2) is 66.0 Å². The molecule has 0 bridgehead atoms. The Morgan fingerprint density at radius 2 is 1.78 bits per heavy atom. The Balaban J connectivity index is 1.83. The minimum absolute atomic E-state index is 0.0429. The van der Waals surface area contributed by atoms with Gasteiger partial charge in [0.15, 0.2) is 0 Å². The first-order valence-corrected chi connectivity index (χ1v) is 8.82. The molecule has 3 aliphatic carbocycles. The number of rotatable bonds is 1. The van der Waals surface area contributed by atoms with Crippen molar-refractivity contribution in [2.24, 2.45) is 0 Å². The van der Waals surface area contributed by atoms with Gasteiger partial charge in [0.2, 0.25) is 0 Å². The predicted octanol–water partition coefficient (Wildman–Crippen LogP) is 6.78. The predicted molar refractivity (Wildman–Crippen MR) is 114 cm³/mol. The summed E-state index contributed by atoms with van der Waals surface area (Å²) in [6.07, 6.45) is 0.0585. The van der Waals surface area contributed by atoms with Crippen LogP contribution in [0.1, 0.15) is 62.7 Å². The van der Waals surface area contributed by atoms with Crippen molar-refractivity contribution >= 4 is 11.1 Å². The number of hydrogen-bond donors (Lipinski definition) is 0. The molecule has 0 spiro atoms. The van der Waals surface area contributed by atoms with Crippen LogP contribution in [-0.2, 0) is 6.42 Å². The summed E-state index contributed by atoms with van der Waals surface area (Å²) in [7, 11) is 0. The molecule has 6 rings (SSSR count). The van der Waals surface area contributed by atoms with Gasteiger partial charge in [-0.3, -0.25) is 0 Å². The number of benzene rings is 3. The second-order valence-corrected chi connectivity index (χ2v) is 7.18. The Morgan fingerprint density at radius 1 is 0.926 bits per heavy atom. The van der Waals surface area contributed by atoms with E-state index in [1.807, 2.05) is 0 Å². The van der Waals surface area contributed by atoms with Gasteiger partial charge in [0, 0.05) is 10.0 Å². The van der Waals surface area contributed by atoms with Gasteiger partial charge in [-0.1, -0.05) is 66.0 Å². The summed E-state index contributed by atoms with van der Waals surface area (Å²) in [5.41, 5.74) is 2.18. The summed E-state index contributed by atoms with van der Waals surface area (Å²) in [5.74, 6) is -1.02. The lowest BCUT2D eigenvalue weighted by Gasteiger charge is -2.31. The molecule has 0 N–H and O–H groups in total. The van der Waals surface area contributed by atoms with E-state index in [-0.39, 0.29) is 93.7 Å². The maximum Gasteiger partial charge on any atom is 0.0632 e. The first-order chi connectivity index (χ1) is 18.5. The summed E-state index contributed by atoms with van der Waals surface area (Å²) >= 11 is 0. The van der Waals surface area contributed by atoms with Crippen LogP contribution >= 0.6 is 0 Å². The Hall–Kier alpha value is -2.86. The molecule has 3 aromatic rings. The van der Waals surface area contributed by atoms with E-state index in [4.69, 9.17) is 16.4 Å². The minimum atomic E-state index is -2.87. The lowest BCUT2D eigenvalue weighted by molar-refractivity contribution is 1.10. The molecule has 1 atom stereocenters. The second kappa shape index (κ2) is 5.10. The average Bonchev–Trinajstić information content (AvgIpc) is 3.41. The van der Waals surface area contributed by atoms with Crippen molar-refractivity contribution in [3.63, 3.8) is 0 Å². The molecule has 1 unspecified atom stereocenters. The van der Waals surface area contributed by atoms with E-state index in [9.17, 15) is 1.37 Å². The molecule has 0 aromatic heterocycles. The molecule has 3 aromatic carbocycles. The number of hydrogen-bond acceptors (Lipinski definition) is 0. The van der Waals surface area contributed by atoms with Gasteiger partial charge in [-0.25, -0.2) is 0 Å². The maximum absolute atomic E-state index is 9.28. The van der Waals surface area contributed by atoms with Crippen molar-refractivity contribution in [2.45, 2.75) is 33.0 Å². The number of fused-ring (bicyclic) bond motifs is 3. The van der Waals surface area contributed by atoms with Gasteiger partial charge < -0.3 is 0 Å². The SMILES string of the molecule is [2H]C1=C(c2c(C)c([2H])c([2H])c([2H])c2C([2H])([2H])[2H])C2C3=C1Cc1c([2H])c([2H])c([2H])c(c13)-c1c([2H])c(C)c([2H])c([2H])c12. The van der Waals surface area contributed by atoms with E-state index >= 15 is 0 Å². The highest BCUT2D eigenvalue weighted by molar-refractivity contribution is 6.07. The van der Waals surface area contributed by atoms with E-state index in [1.165, 1.54) is 13.8 Å². The molecule has 0 heteroatoms. The fourth-order valence-corrected chi connectivity index (χ4v) is 4.55. The molecule has 0 heterocycles. The molecule has 0 saturated carbocycles. The fraction of sp³-hybridized carbons (Fsp3) is 0.185. The van der Waals surface area contributed by atoms with Crippen molar-refractivity contribution < 1.29 is 17.8 Å². The summed E-state index contributed by atoms with van der Waals surface area (Å²) < 4.78 is 111. The van der Waals surface area contributed by atoms with Crippen LogP contribution in [0.4, 0.5) is 0 Å². The van der Waals surface area contributed by atoms with Crippen molar-refractivity contribution in [3.8, 4) is 11.1 Å². The smallest absolute Gasteiger partial charge is 0.0617 e. The van der Waals surface area contributed by atoms with Gasteiger partial charge in [0.25, 0.3) is 0 Å². The van der Waals surface area contributed by atoms with Crippen LogP contribution in [0.3, 0.4) is 0 Å². The van der Waals surface area contributed by atoms with Gasteiger partial charge in [-0.05, 0) is 88.3 Å². The molecule has 0 radical (unpaired) electrons. The largest absolute Gasteiger partial charge is 0.0632 e. The second-order valence-electron chi connectivity index (χ2n) is 7.18. The normalized spacial score (nSPS) is 26.1. The summed E-state index contributed by atoms with van der Waals surface area (Å²) in [5, 5.41) is 0. The topological polar surface area (TPSA) is 0 Å². The molecule has 130 valence electrons. The molecule has 0 nitrogen and oxygen atoms in total. The van der Waals surface area contributed by atoms with Gasteiger partial charge >= 0.3 is 0 Å². The van der Waals surface area contributed by atoms with Crippen LogP contribution < -0.4 is 0 Å². The molecule has 0 aliphatic heterocycles. The lowest BCUT2D eigenvalue weighted by atomic mass is 9.72. The molecule has 3 aliphatic rings. The van der Waals surface area contributed by atoms with Crippen LogP contribution in [-0.4, -0.2) is 0 Å². The molecule has 0 saturated heterocycles. The van der Waals surface area contributed by atoms with E-state index in [1.54, 1.807) is 0 Å². The Morgan fingerprint density at radius 3 is 2.67 bits per heavy atom. The zero-order valence-electron chi connectivity index (χ0n) is 27.8. The first-order valence-electron chi connectivity index (χ1n) is 15.3. The first kappa shape index (κ1) is 7.28. The Kier molecular flexibility index (Phi) is 1.38. The van der Waals surface area contributed by atoms with Gasteiger partial charge in [0.1, 0.15) is 0 Å². The molecular formula is C27H22. The van der Waals surface area contributed by atoms with Crippen LogP contribution in [0.2, 0.25) is 0 Å². The Bertz CT molecular complexity index is 1820. The highest BCUT2D eigenvalue weighted by Gasteiger charge is 2.41. The highest BCUT2D eigenvalue weighted by Crippen LogP contribution is 2.60. The summed E-state index contributed by atoms with van der Waals surface area (Å²) in [6.45, 7) is 0.118. The maximum atomic E-state index is 9.28. The molecular weight excluding hydrogens is 324 g/mol. The van der Waals surface area contributed by atoms with Crippen molar-refractivity contribution in [3.05, 3.63) is 105 Å². The van der Waals surface area contributed by atoms with Gasteiger partial charge in [0.05, 0.1) is 13.7 Å². The standard InChI is InChI=1S/C27H22/c1-15-10-11-21-22(12-15)20-9-5-8-18-13-19-14-23(27(21)26(19)25(18)20)24-16(2)6-4-7-17(24)3/h4-12,14,27H,13H2,1-3H3/i2D3,4D,5D,6D,7D,8D,9D,10D,11D,12D,14D. The van der Waals surface area contributed by atoms with E-state index in [0.29, 0.717) is 22.3 Å². The van der Waals surface area contributed by atoms with Crippen molar-refractivity contribution in [1.29, 1.82) is 0 Å². The third kappa shape index (κ3) is 1.88. The quantitative estimate of drug-likeness (QED) is 0.449. The zero-order chi connectivity index (χ0) is 29.5. The summed E-state index contributed by atoms with van der Waals surface area (Å²) in [4.78, 5) is 0. The Labute approximate surface area is 179 Å². The number of allylic oxidation sites excluding steroid dienone is 4. The van der Waals surface area contributed by atoms with Gasteiger partial charge in [-0.2, -0.15) is 0 Å². The van der Waals surface area contributed by atoms with Crippen molar-refractivity contribution in [2.75, 3.05) is 0 Å². The molecule has 0 fully saturated rings. The van der Waals surface area contributed by atoms with E-state index < -0.39 is 30.4 Å². The monoisotopic (exact) mass is 359 g/mol. The highest BCUT2D eigenvalue weighted by atomic mass is 14.4.